The average Bonchev–Trinajstić information content (AvgIpc) is 3.29. The summed E-state index contributed by atoms with van der Waals surface area (Å²) in [5, 5.41) is 6.11. The van der Waals surface area contributed by atoms with Crippen molar-refractivity contribution < 1.29 is 32.2 Å². The van der Waals surface area contributed by atoms with Gasteiger partial charge in [-0.15, -0.1) is 0 Å². The number of carbonyl (C=O) groups excluding carboxylic acids is 2. The maximum absolute atomic E-state index is 14.5. The highest BCUT2D eigenvalue weighted by atomic mass is 35.5. The number of nitrogens with one attached hydrogen (secondary N) is 2. The molecule has 4 aromatic rings. The molecule has 0 spiro atoms. The summed E-state index contributed by atoms with van der Waals surface area (Å²) in [7, 11) is 5.92. The molecule has 0 radical (unpaired) electrons. The number of rotatable bonds is 15. The fourth-order valence-electron chi connectivity index (χ4n) is 11.6. The zero-order valence-corrected chi connectivity index (χ0v) is 38.5. The van der Waals surface area contributed by atoms with E-state index < -0.39 is 34.3 Å². The van der Waals surface area contributed by atoms with Gasteiger partial charge in [-0.1, -0.05) is 86.1 Å². The van der Waals surface area contributed by atoms with E-state index in [1.165, 1.54) is 30.5 Å². The summed E-state index contributed by atoms with van der Waals surface area (Å²) in [6, 6.07) is 24.9. The number of hydrogen-bond acceptors (Lipinski definition) is 6. The van der Waals surface area contributed by atoms with E-state index in [2.05, 4.69) is 72.6 Å². The van der Waals surface area contributed by atoms with E-state index >= 15 is 0 Å². The summed E-state index contributed by atoms with van der Waals surface area (Å²) in [5.41, 5.74) is 3.55. The van der Waals surface area contributed by atoms with Crippen LogP contribution in [0.2, 0.25) is 5.02 Å². The Balaban J connectivity index is 1.05. The number of halogens is 4. The Morgan fingerprint density at radius 2 is 1.39 bits per heavy atom. The quantitative estimate of drug-likeness (QED) is 0.124. The van der Waals surface area contributed by atoms with Crippen molar-refractivity contribution in [3.8, 4) is 5.75 Å². The van der Waals surface area contributed by atoms with Crippen LogP contribution in [0.4, 0.5) is 13.2 Å². The number of para-hydroxylation sites is 1. The standard InChI is InChI=1S/C52H62ClF3N4O4/c1-6-34-11-9-12-38(27-34)46(50-23-19-35(20-24-50)29-59(50)3)57-48(61)40-18-17-37(28-39(40)32-63-5)33(2)31-64-44-16-8-7-13-41(44)47(51-25-21-36(22-26-51)30-60(51)4)58-49(62)42-14-10-15-43(45(42)53)52(54,55)56/h7-18,27-28,33,35-36,46-47H,6,19-26,29-32H2,1-5H3,(H,57,61)(H,58,62). The average molecular weight is 900 g/mol. The third-order valence-electron chi connectivity index (χ3n) is 15.4. The fourth-order valence-corrected chi connectivity index (χ4v) is 11.9. The minimum Gasteiger partial charge on any atom is -0.493 e. The number of amides is 2. The Bertz CT molecular complexity index is 2320. The Morgan fingerprint density at radius 3 is 2.02 bits per heavy atom. The number of alkyl halides is 3. The molecule has 4 saturated heterocycles. The Kier molecular flexibility index (Phi) is 13.6. The number of piperidine rings is 4. The maximum Gasteiger partial charge on any atom is 0.417 e. The molecule has 2 saturated carbocycles. The van der Waals surface area contributed by atoms with Gasteiger partial charge in [0, 0.05) is 48.3 Å². The summed E-state index contributed by atoms with van der Waals surface area (Å²) < 4.78 is 54.0. The molecule has 6 fully saturated rings. The molecule has 4 bridgehead atoms. The largest absolute Gasteiger partial charge is 0.493 e. The van der Waals surface area contributed by atoms with Crippen LogP contribution in [-0.4, -0.2) is 73.6 Å². The third-order valence-corrected chi connectivity index (χ3v) is 15.8. The first-order valence-corrected chi connectivity index (χ1v) is 23.4. The van der Waals surface area contributed by atoms with E-state index in [0.717, 1.165) is 86.4 Å². The van der Waals surface area contributed by atoms with Crippen LogP contribution in [0, 0.1) is 11.8 Å². The van der Waals surface area contributed by atoms with Gasteiger partial charge in [-0.3, -0.25) is 19.4 Å². The van der Waals surface area contributed by atoms with Crippen molar-refractivity contribution in [2.45, 2.75) is 113 Å². The summed E-state index contributed by atoms with van der Waals surface area (Å²) in [4.78, 5) is 33.4. The molecule has 3 unspecified atom stereocenters. The van der Waals surface area contributed by atoms with Gasteiger partial charge in [-0.2, -0.15) is 13.2 Å². The lowest BCUT2D eigenvalue weighted by Crippen LogP contribution is -2.62. The van der Waals surface area contributed by atoms with Crippen molar-refractivity contribution in [2.75, 3.05) is 40.9 Å². The molecule has 8 nitrogen and oxygen atoms in total. The number of aryl methyl sites for hydroxylation is 1. The van der Waals surface area contributed by atoms with Crippen LogP contribution >= 0.6 is 11.6 Å². The molecule has 2 amide bonds. The number of ether oxygens (including phenoxy) is 2. The number of carbonyl (C=O) groups is 2. The van der Waals surface area contributed by atoms with Crippen molar-refractivity contribution in [3.05, 3.63) is 134 Å². The number of nitrogens with zero attached hydrogens (tertiary/aromatic N) is 2. The Labute approximate surface area is 381 Å². The van der Waals surface area contributed by atoms with Crippen molar-refractivity contribution in [3.63, 3.8) is 0 Å². The monoisotopic (exact) mass is 898 g/mol. The smallest absolute Gasteiger partial charge is 0.417 e. The van der Waals surface area contributed by atoms with Gasteiger partial charge < -0.3 is 20.1 Å². The number of likely N-dealkylation sites (N-methyl/N-ethyl adjacent to an activating group) is 2. The topological polar surface area (TPSA) is 83.1 Å². The SMILES string of the molecule is CCc1cccc(C(NC(=O)c2ccc(C(C)COc3ccccc3C(NC(=O)c3cccc(C(F)(F)F)c3Cl)C34CCC(CC3)CN4C)cc2COC)C23CCC(CC2)CN3C)c1. The highest BCUT2D eigenvalue weighted by molar-refractivity contribution is 6.34. The second-order valence-electron chi connectivity index (χ2n) is 19.0. The molecule has 10 rings (SSSR count). The summed E-state index contributed by atoms with van der Waals surface area (Å²) in [6.45, 7) is 6.67. The zero-order chi connectivity index (χ0) is 45.4. The Hall–Kier alpha value is -4.42. The first-order chi connectivity index (χ1) is 30.7. The molecular weight excluding hydrogens is 837 g/mol. The van der Waals surface area contributed by atoms with Crippen molar-refractivity contribution in [1.82, 2.24) is 20.4 Å². The van der Waals surface area contributed by atoms with Crippen LogP contribution in [0.1, 0.15) is 137 Å². The number of methoxy groups -OCH3 is 1. The second-order valence-corrected chi connectivity index (χ2v) is 19.4. The van der Waals surface area contributed by atoms with Crippen LogP contribution in [0.3, 0.4) is 0 Å². The molecule has 0 aromatic heterocycles. The predicted molar refractivity (Wildman–Crippen MR) is 245 cm³/mol. The maximum atomic E-state index is 14.5. The van der Waals surface area contributed by atoms with Gasteiger partial charge in [0.05, 0.1) is 41.4 Å². The predicted octanol–water partition coefficient (Wildman–Crippen LogP) is 10.9. The van der Waals surface area contributed by atoms with E-state index in [4.69, 9.17) is 21.1 Å². The normalized spacial score (nSPS) is 24.8. The second kappa shape index (κ2) is 18.8. The van der Waals surface area contributed by atoms with E-state index in [1.807, 2.05) is 42.5 Å². The first kappa shape index (κ1) is 46.1. The molecule has 342 valence electrons. The number of benzene rings is 4. The molecular formula is C52H62ClF3N4O4. The lowest BCUT2D eigenvalue weighted by molar-refractivity contribution is -0.137. The van der Waals surface area contributed by atoms with Gasteiger partial charge in [0.1, 0.15) is 5.75 Å². The van der Waals surface area contributed by atoms with Crippen LogP contribution in [-0.2, 0) is 23.9 Å². The van der Waals surface area contributed by atoms with E-state index in [9.17, 15) is 22.8 Å². The fraction of sp³-hybridized carbons (Fsp3) is 0.500. The van der Waals surface area contributed by atoms with Crippen molar-refractivity contribution in [2.24, 2.45) is 11.8 Å². The van der Waals surface area contributed by atoms with Crippen LogP contribution in [0.15, 0.2) is 84.9 Å². The molecule has 64 heavy (non-hydrogen) atoms. The molecule has 4 aliphatic heterocycles. The molecule has 4 heterocycles. The van der Waals surface area contributed by atoms with Gasteiger partial charge in [-0.25, -0.2) is 0 Å². The van der Waals surface area contributed by atoms with Gasteiger partial charge in [-0.05, 0) is 130 Å². The van der Waals surface area contributed by atoms with Gasteiger partial charge in [0.2, 0.25) is 0 Å². The first-order valence-electron chi connectivity index (χ1n) is 23.0. The lowest BCUT2D eigenvalue weighted by atomic mass is 9.65. The van der Waals surface area contributed by atoms with E-state index in [0.29, 0.717) is 23.1 Å². The minimum atomic E-state index is -4.71. The van der Waals surface area contributed by atoms with Crippen molar-refractivity contribution >= 4 is 23.4 Å². The van der Waals surface area contributed by atoms with Gasteiger partial charge in [0.25, 0.3) is 11.8 Å². The number of hydrogen-bond donors (Lipinski definition) is 2. The minimum absolute atomic E-state index is 0.113. The number of fused-ring (bicyclic) bond motifs is 6. The summed E-state index contributed by atoms with van der Waals surface area (Å²) in [6.07, 6.45) is 4.22. The van der Waals surface area contributed by atoms with Crippen LogP contribution < -0.4 is 15.4 Å². The van der Waals surface area contributed by atoms with Crippen LogP contribution in [0.5, 0.6) is 5.75 Å². The molecule has 3 atom stereocenters. The molecule has 12 heteroatoms. The molecule has 6 aliphatic rings. The van der Waals surface area contributed by atoms with E-state index in [-0.39, 0.29) is 42.2 Å². The van der Waals surface area contributed by atoms with E-state index in [1.54, 1.807) is 7.11 Å². The summed E-state index contributed by atoms with van der Waals surface area (Å²) in [5.74, 6) is 0.934. The molecule has 2 aliphatic carbocycles. The highest BCUT2D eigenvalue weighted by Crippen LogP contribution is 2.51. The zero-order valence-electron chi connectivity index (χ0n) is 37.7. The third kappa shape index (κ3) is 8.94. The highest BCUT2D eigenvalue weighted by Gasteiger charge is 2.52. The Morgan fingerprint density at radius 1 is 0.781 bits per heavy atom. The molecule has 2 N–H and O–H groups in total. The lowest BCUT2D eigenvalue weighted by Gasteiger charge is -2.57. The van der Waals surface area contributed by atoms with Gasteiger partial charge in [0.15, 0.2) is 0 Å². The summed E-state index contributed by atoms with van der Waals surface area (Å²) >= 11 is 6.30. The molecule has 4 aromatic carbocycles. The van der Waals surface area contributed by atoms with Gasteiger partial charge >= 0.3 is 6.18 Å². The van der Waals surface area contributed by atoms with Crippen LogP contribution in [0.25, 0.3) is 0 Å². The van der Waals surface area contributed by atoms with Crippen molar-refractivity contribution in [1.29, 1.82) is 0 Å².